The highest BCUT2D eigenvalue weighted by Crippen LogP contribution is 2.64. The summed E-state index contributed by atoms with van der Waals surface area (Å²) in [7, 11) is 0. The van der Waals surface area contributed by atoms with Gasteiger partial charge in [-0.3, -0.25) is 0 Å². The van der Waals surface area contributed by atoms with E-state index in [9.17, 15) is 0 Å². The fourth-order valence-electron chi connectivity index (χ4n) is 12.6. The second kappa shape index (κ2) is 19.8. The van der Waals surface area contributed by atoms with Crippen LogP contribution in [0.1, 0.15) is 129 Å². The van der Waals surface area contributed by atoms with Crippen LogP contribution in [0.2, 0.25) is 0 Å². The Morgan fingerprint density at radius 3 is 1.23 bits per heavy atom. The van der Waals surface area contributed by atoms with Crippen molar-refractivity contribution in [1.82, 2.24) is 0 Å². The number of hydrogen-bond acceptors (Lipinski definition) is 4. The number of benzene rings is 9. The normalized spacial score (nSPS) is 14.9. The van der Waals surface area contributed by atoms with E-state index in [1.54, 1.807) is 0 Å². The summed E-state index contributed by atoms with van der Waals surface area (Å²) in [5, 5.41) is 4.12. The predicted molar refractivity (Wildman–Crippen MR) is 350 cm³/mol. The van der Waals surface area contributed by atoms with E-state index in [-0.39, 0.29) is 21.7 Å². The van der Waals surface area contributed by atoms with Gasteiger partial charge in [-0.25, -0.2) is 0 Å². The van der Waals surface area contributed by atoms with Crippen molar-refractivity contribution in [2.75, 3.05) is 9.80 Å². The first kappa shape index (κ1) is 54.0. The topological polar surface area (TPSA) is 32.8 Å². The summed E-state index contributed by atoms with van der Waals surface area (Å²) < 4.78 is 15.0. The lowest BCUT2D eigenvalue weighted by atomic mass is 9.67. The summed E-state index contributed by atoms with van der Waals surface area (Å²) in [5.41, 5.74) is 19.5. The van der Waals surface area contributed by atoms with Gasteiger partial charge in [-0.15, -0.1) is 0 Å². The van der Waals surface area contributed by atoms with Crippen molar-refractivity contribution in [1.29, 1.82) is 0 Å². The number of allylic oxidation sites excluding steroid dienone is 5. The monoisotopic (exact) mass is 1070 g/mol. The van der Waals surface area contributed by atoms with Gasteiger partial charge >= 0.3 is 0 Å². The first-order chi connectivity index (χ1) is 39.1. The minimum atomic E-state index is -0.983. The molecule has 1 aliphatic rings. The van der Waals surface area contributed by atoms with Gasteiger partial charge < -0.3 is 18.6 Å². The number of furan rings is 2. The van der Waals surface area contributed by atoms with Gasteiger partial charge in [0.2, 0.25) is 0 Å². The van der Waals surface area contributed by atoms with E-state index >= 15 is 0 Å². The van der Waals surface area contributed by atoms with Crippen LogP contribution in [0.25, 0.3) is 55.0 Å². The zero-order valence-corrected chi connectivity index (χ0v) is 50.1. The van der Waals surface area contributed by atoms with E-state index in [0.29, 0.717) is 0 Å². The van der Waals surface area contributed by atoms with E-state index in [2.05, 4.69) is 312 Å². The zero-order chi connectivity index (χ0) is 57.7. The second-order valence-corrected chi connectivity index (χ2v) is 26.6. The largest absolute Gasteiger partial charge is 0.455 e. The maximum Gasteiger partial charge on any atom is 0.160 e. The van der Waals surface area contributed by atoms with Crippen molar-refractivity contribution in [2.45, 2.75) is 117 Å². The molecule has 1 atom stereocenters. The third-order valence-corrected chi connectivity index (χ3v) is 17.1. The lowest BCUT2D eigenvalue weighted by molar-refractivity contribution is 0.590. The molecule has 4 nitrogen and oxygen atoms in total. The molecule has 4 heteroatoms. The number of nitrogens with zero attached hydrogens (tertiary/aromatic N) is 2. The van der Waals surface area contributed by atoms with Gasteiger partial charge in [0, 0.05) is 50.0 Å². The molecule has 410 valence electrons. The zero-order valence-electron chi connectivity index (χ0n) is 50.1. The summed E-state index contributed by atoms with van der Waals surface area (Å²) in [6, 6.07) is 69.6. The van der Waals surface area contributed by atoms with E-state index < -0.39 is 5.41 Å². The smallest absolute Gasteiger partial charge is 0.160 e. The molecule has 0 bridgehead atoms. The van der Waals surface area contributed by atoms with Crippen LogP contribution < -0.4 is 9.80 Å². The molecule has 0 saturated heterocycles. The molecule has 12 rings (SSSR count). The molecule has 2 heterocycles. The number of rotatable bonds is 10. The summed E-state index contributed by atoms with van der Waals surface area (Å²) in [4.78, 5) is 4.87. The Morgan fingerprint density at radius 2 is 0.793 bits per heavy atom. The van der Waals surface area contributed by atoms with Crippen LogP contribution in [-0.4, -0.2) is 0 Å². The Balaban J connectivity index is 1.28. The lowest BCUT2D eigenvalue weighted by Gasteiger charge is -2.36. The van der Waals surface area contributed by atoms with E-state index in [1.807, 2.05) is 0 Å². The molecule has 1 aliphatic carbocycles. The third-order valence-electron chi connectivity index (χ3n) is 17.1. The van der Waals surface area contributed by atoms with Gasteiger partial charge in [0.15, 0.2) is 5.58 Å². The number of anilines is 6. The predicted octanol–water partition coefficient (Wildman–Crippen LogP) is 22.6. The average Bonchev–Trinajstić information content (AvgIpc) is 1.78. The van der Waals surface area contributed by atoms with Crippen LogP contribution in [0.3, 0.4) is 0 Å². The van der Waals surface area contributed by atoms with E-state index in [4.69, 9.17) is 15.4 Å². The van der Waals surface area contributed by atoms with Crippen molar-refractivity contribution in [2.24, 2.45) is 0 Å². The molecule has 2 aromatic heterocycles. The highest BCUT2D eigenvalue weighted by atomic mass is 16.3. The lowest BCUT2D eigenvalue weighted by Crippen LogP contribution is -2.29. The first-order valence-electron chi connectivity index (χ1n) is 29.1. The van der Waals surface area contributed by atoms with Crippen molar-refractivity contribution in [3.05, 3.63) is 263 Å². The standard InChI is InChI=1S/C78H76N2O2/c1-15-16-18-25-50(2)78(55-26-19-17-20-27-55)62-49-65(80(58-44-36-53(37-45-58)76(9,10)11)59-46-38-54(39-47-59)77(12,13)14)72-69(61-29-22-24-31-67(61)81-72)70(62)71-63(78)48-64(68-60-28-21-23-30-66(60)82-73(68)71)79(56-40-32-51(33-41-56)74(3,4)5)57-42-34-52(35-43-57)75(6,7)8/h15-49H,2H2,1,3-14H3/b16-15-,25-18-. The Labute approximate surface area is 485 Å². The molecule has 0 radical (unpaired) electrons. The fraction of sp³-hybridized carbons (Fsp3) is 0.231. The minimum Gasteiger partial charge on any atom is -0.455 e. The van der Waals surface area contributed by atoms with E-state index in [1.165, 1.54) is 22.3 Å². The van der Waals surface area contributed by atoms with Gasteiger partial charge in [0.05, 0.1) is 22.2 Å². The maximum absolute atomic E-state index is 7.55. The van der Waals surface area contributed by atoms with Crippen LogP contribution in [0, 0.1) is 0 Å². The maximum atomic E-state index is 7.55. The number of para-hydroxylation sites is 2. The third kappa shape index (κ3) is 8.99. The van der Waals surface area contributed by atoms with Gasteiger partial charge in [0.25, 0.3) is 0 Å². The van der Waals surface area contributed by atoms with Gasteiger partial charge in [-0.2, -0.15) is 0 Å². The summed E-state index contributed by atoms with van der Waals surface area (Å²) >= 11 is 0. The molecule has 0 aliphatic heterocycles. The molecule has 0 amide bonds. The highest BCUT2D eigenvalue weighted by Gasteiger charge is 2.50. The Morgan fingerprint density at radius 1 is 0.415 bits per heavy atom. The molecule has 0 N–H and O–H groups in total. The van der Waals surface area contributed by atoms with Crippen LogP contribution >= 0.6 is 0 Å². The highest BCUT2D eigenvalue weighted by molar-refractivity contribution is 6.26. The summed E-state index contributed by atoms with van der Waals surface area (Å²) in [5.74, 6) is 0. The minimum absolute atomic E-state index is 0.0377. The summed E-state index contributed by atoms with van der Waals surface area (Å²) in [6.45, 7) is 34.6. The molecular weight excluding hydrogens is 997 g/mol. The van der Waals surface area contributed by atoms with Gasteiger partial charge in [0.1, 0.15) is 16.7 Å². The van der Waals surface area contributed by atoms with Crippen LogP contribution in [0.4, 0.5) is 34.1 Å². The average molecular weight is 1070 g/mol. The molecule has 11 aromatic rings. The molecule has 1 unspecified atom stereocenters. The Hall–Kier alpha value is -8.60. The van der Waals surface area contributed by atoms with Gasteiger partial charge in [-0.1, -0.05) is 229 Å². The molecule has 0 fully saturated rings. The number of fused-ring (bicyclic) bond motifs is 11. The molecule has 0 saturated carbocycles. The quantitative estimate of drug-likeness (QED) is 0.128. The number of hydrogen-bond donors (Lipinski definition) is 0. The fourth-order valence-corrected chi connectivity index (χ4v) is 12.6. The van der Waals surface area contributed by atoms with Gasteiger partial charge in [-0.05, 0) is 146 Å². The van der Waals surface area contributed by atoms with Crippen LogP contribution in [0.15, 0.2) is 233 Å². The molecule has 9 aromatic carbocycles. The summed E-state index contributed by atoms with van der Waals surface area (Å²) in [6.07, 6.45) is 8.53. The molecular formula is C78H76N2O2. The molecule has 0 spiro atoms. The Bertz CT molecular complexity index is 4180. The van der Waals surface area contributed by atoms with Crippen molar-refractivity contribution in [3.63, 3.8) is 0 Å². The second-order valence-electron chi connectivity index (χ2n) is 26.6. The van der Waals surface area contributed by atoms with Crippen LogP contribution in [-0.2, 0) is 27.1 Å². The van der Waals surface area contributed by atoms with Crippen molar-refractivity contribution < 1.29 is 8.83 Å². The van der Waals surface area contributed by atoms with E-state index in [0.717, 1.165) is 111 Å². The van der Waals surface area contributed by atoms with Crippen molar-refractivity contribution >= 4 is 78.0 Å². The SMILES string of the molecule is C=C(/C=C\C=C/C)C1(c2ccccc2)c2cc(N(c3ccc(C(C)(C)C)cc3)c3ccc(C(C)(C)C)cc3)c3c(oc4ccccc43)c2-c2c1cc(N(c1ccc(C(C)(C)C)cc1)c1ccc(C(C)(C)C)cc1)c1oc3ccccc3c21. The molecule has 82 heavy (non-hydrogen) atoms. The van der Waals surface area contributed by atoms with Crippen LogP contribution in [0.5, 0.6) is 0 Å². The first-order valence-corrected chi connectivity index (χ1v) is 29.1. The van der Waals surface area contributed by atoms with Crippen molar-refractivity contribution in [3.8, 4) is 11.1 Å². The Kier molecular flexibility index (Phi) is 13.1.